The number of rotatable bonds is 6. The quantitative estimate of drug-likeness (QED) is 0.367. The van der Waals surface area contributed by atoms with E-state index in [1.54, 1.807) is 0 Å². The van der Waals surface area contributed by atoms with Gasteiger partial charge in [0.1, 0.15) is 6.10 Å². The second kappa shape index (κ2) is 6.11. The third-order valence-electron chi connectivity index (χ3n) is 1.35. The highest BCUT2D eigenvalue weighted by atomic mass is 16.6. The van der Waals surface area contributed by atoms with Crippen molar-refractivity contribution < 1.29 is 29.6 Å². The zero-order valence-electron chi connectivity index (χ0n) is 7.43. The molecule has 0 aromatic heterocycles. The molecule has 0 heterocycles. The maximum atomic E-state index is 10.9. The molecule has 0 saturated carbocycles. The lowest BCUT2D eigenvalue weighted by Crippen LogP contribution is -2.29. The van der Waals surface area contributed by atoms with Crippen molar-refractivity contribution in [3.05, 3.63) is 12.2 Å². The molecular formula is C8H11O6-. The SMILES string of the molecule is C=C(CC(=O)OC(CO)CO)C(=O)[O-]. The summed E-state index contributed by atoms with van der Waals surface area (Å²) in [5, 5.41) is 27.2. The van der Waals surface area contributed by atoms with Crippen LogP contribution >= 0.6 is 0 Å². The molecule has 0 spiro atoms. The average Bonchev–Trinajstić information content (AvgIpc) is 2.13. The van der Waals surface area contributed by atoms with Gasteiger partial charge in [0.05, 0.1) is 25.6 Å². The number of carbonyl (C=O) groups excluding carboxylic acids is 2. The molecule has 0 aromatic rings. The average molecular weight is 203 g/mol. The minimum Gasteiger partial charge on any atom is -0.545 e. The number of carbonyl (C=O) groups is 2. The molecule has 0 fully saturated rings. The van der Waals surface area contributed by atoms with Gasteiger partial charge < -0.3 is 24.9 Å². The van der Waals surface area contributed by atoms with Crippen molar-refractivity contribution in [3.8, 4) is 0 Å². The standard InChI is InChI=1S/C8H12O6/c1-5(8(12)13)2-7(11)14-6(3-9)4-10/h6,9-10H,1-4H2,(H,12,13)/p-1. The van der Waals surface area contributed by atoms with Crippen LogP contribution in [0.25, 0.3) is 0 Å². The van der Waals surface area contributed by atoms with Gasteiger partial charge in [-0.1, -0.05) is 6.58 Å². The van der Waals surface area contributed by atoms with E-state index in [9.17, 15) is 14.7 Å². The molecule has 0 saturated heterocycles. The Labute approximate surface area is 80.4 Å². The molecule has 0 unspecified atom stereocenters. The summed E-state index contributed by atoms with van der Waals surface area (Å²) in [7, 11) is 0. The van der Waals surface area contributed by atoms with Crippen molar-refractivity contribution >= 4 is 11.9 Å². The zero-order valence-corrected chi connectivity index (χ0v) is 7.43. The molecule has 6 nitrogen and oxygen atoms in total. The van der Waals surface area contributed by atoms with Crippen molar-refractivity contribution in [3.63, 3.8) is 0 Å². The number of aliphatic hydroxyl groups is 2. The van der Waals surface area contributed by atoms with Gasteiger partial charge in [-0.15, -0.1) is 0 Å². The van der Waals surface area contributed by atoms with Crippen LogP contribution in [0.5, 0.6) is 0 Å². The summed E-state index contributed by atoms with van der Waals surface area (Å²) in [6.07, 6.45) is -1.56. The third kappa shape index (κ3) is 4.58. The number of aliphatic carboxylic acids is 1. The molecule has 0 bridgehead atoms. The molecule has 0 aliphatic rings. The Morgan fingerprint density at radius 1 is 1.36 bits per heavy atom. The monoisotopic (exact) mass is 203 g/mol. The second-order valence-corrected chi connectivity index (χ2v) is 2.54. The number of carboxylic acids is 1. The second-order valence-electron chi connectivity index (χ2n) is 2.54. The molecule has 0 aliphatic heterocycles. The van der Waals surface area contributed by atoms with Gasteiger partial charge >= 0.3 is 5.97 Å². The highest BCUT2D eigenvalue weighted by Crippen LogP contribution is 2.01. The van der Waals surface area contributed by atoms with E-state index in [1.165, 1.54) is 0 Å². The minimum atomic E-state index is -1.54. The fourth-order valence-corrected chi connectivity index (χ4v) is 0.606. The van der Waals surface area contributed by atoms with Crippen molar-refractivity contribution in [1.29, 1.82) is 0 Å². The zero-order chi connectivity index (χ0) is 11.1. The summed E-state index contributed by atoms with van der Waals surface area (Å²) in [5.41, 5.74) is -0.412. The predicted molar refractivity (Wildman–Crippen MR) is 42.8 cm³/mol. The van der Waals surface area contributed by atoms with E-state index in [2.05, 4.69) is 11.3 Å². The van der Waals surface area contributed by atoms with E-state index in [1.807, 2.05) is 0 Å². The summed E-state index contributed by atoms with van der Waals surface area (Å²) in [5.74, 6) is -2.42. The van der Waals surface area contributed by atoms with Crippen LogP contribution in [0.15, 0.2) is 12.2 Å². The first-order chi connectivity index (χ1) is 6.51. The van der Waals surface area contributed by atoms with Crippen molar-refractivity contribution in [1.82, 2.24) is 0 Å². The molecule has 0 atom stereocenters. The van der Waals surface area contributed by atoms with Crippen molar-refractivity contribution in [2.75, 3.05) is 13.2 Å². The van der Waals surface area contributed by atoms with Crippen LogP contribution in [-0.4, -0.2) is 41.5 Å². The van der Waals surface area contributed by atoms with Gasteiger partial charge in [0.2, 0.25) is 0 Å². The highest BCUT2D eigenvalue weighted by Gasteiger charge is 2.13. The van der Waals surface area contributed by atoms with E-state index in [0.29, 0.717) is 0 Å². The smallest absolute Gasteiger partial charge is 0.310 e. The van der Waals surface area contributed by atoms with E-state index >= 15 is 0 Å². The van der Waals surface area contributed by atoms with Crippen LogP contribution in [0.4, 0.5) is 0 Å². The van der Waals surface area contributed by atoms with Crippen LogP contribution in [-0.2, 0) is 14.3 Å². The number of hydrogen-bond donors (Lipinski definition) is 2. The lowest BCUT2D eigenvalue weighted by Gasteiger charge is -2.13. The first kappa shape index (κ1) is 12.6. The van der Waals surface area contributed by atoms with Crippen LogP contribution in [0.3, 0.4) is 0 Å². The Bertz CT molecular complexity index is 230. The van der Waals surface area contributed by atoms with Crippen LogP contribution in [0.1, 0.15) is 6.42 Å². The summed E-state index contributed by atoms with van der Waals surface area (Å²) >= 11 is 0. The van der Waals surface area contributed by atoms with E-state index in [4.69, 9.17) is 10.2 Å². The Kier molecular flexibility index (Phi) is 5.50. The number of esters is 1. The molecule has 2 N–H and O–H groups in total. The molecule has 80 valence electrons. The lowest BCUT2D eigenvalue weighted by atomic mass is 10.2. The Morgan fingerprint density at radius 2 is 1.86 bits per heavy atom. The van der Waals surface area contributed by atoms with Gasteiger partial charge in [-0.25, -0.2) is 0 Å². The maximum absolute atomic E-state index is 10.9. The Hall–Kier alpha value is -1.40. The summed E-state index contributed by atoms with van der Waals surface area (Å²) in [6.45, 7) is 2.01. The number of aliphatic hydroxyl groups excluding tert-OH is 2. The highest BCUT2D eigenvalue weighted by molar-refractivity contribution is 5.90. The maximum Gasteiger partial charge on any atom is 0.310 e. The summed E-state index contributed by atoms with van der Waals surface area (Å²) in [6, 6.07) is 0. The normalized spacial score (nSPS) is 9.93. The summed E-state index contributed by atoms with van der Waals surface area (Å²) in [4.78, 5) is 21.0. The number of carboxylic acid groups (broad SMARTS) is 1. The van der Waals surface area contributed by atoms with Gasteiger partial charge in [-0.05, 0) is 5.57 Å². The first-order valence-electron chi connectivity index (χ1n) is 3.81. The fourth-order valence-electron chi connectivity index (χ4n) is 0.606. The Balaban J connectivity index is 3.97. The molecule has 0 rings (SSSR count). The molecule has 0 amide bonds. The topological polar surface area (TPSA) is 107 Å². The van der Waals surface area contributed by atoms with Gasteiger partial charge in [0.25, 0.3) is 0 Å². The van der Waals surface area contributed by atoms with Gasteiger partial charge in [0.15, 0.2) is 0 Å². The van der Waals surface area contributed by atoms with E-state index in [-0.39, 0.29) is 0 Å². The third-order valence-corrected chi connectivity index (χ3v) is 1.35. The van der Waals surface area contributed by atoms with Crippen LogP contribution in [0.2, 0.25) is 0 Å². The van der Waals surface area contributed by atoms with Crippen molar-refractivity contribution in [2.45, 2.75) is 12.5 Å². The fraction of sp³-hybridized carbons (Fsp3) is 0.500. The number of hydrogen-bond acceptors (Lipinski definition) is 6. The van der Waals surface area contributed by atoms with E-state index in [0.717, 1.165) is 0 Å². The summed E-state index contributed by atoms with van der Waals surface area (Å²) < 4.78 is 4.48. The molecule has 0 radical (unpaired) electrons. The predicted octanol–water partition coefficient (Wildman–Crippen LogP) is -2.42. The molecular weight excluding hydrogens is 192 g/mol. The minimum absolute atomic E-state index is 0.412. The van der Waals surface area contributed by atoms with Gasteiger partial charge in [0, 0.05) is 0 Å². The Morgan fingerprint density at radius 3 is 2.21 bits per heavy atom. The van der Waals surface area contributed by atoms with Crippen LogP contribution in [0, 0.1) is 0 Å². The molecule has 0 aliphatic carbocycles. The number of ether oxygens (including phenoxy) is 1. The van der Waals surface area contributed by atoms with E-state index < -0.39 is 43.3 Å². The van der Waals surface area contributed by atoms with Crippen molar-refractivity contribution in [2.24, 2.45) is 0 Å². The van der Waals surface area contributed by atoms with Gasteiger partial charge in [-0.3, -0.25) is 4.79 Å². The van der Waals surface area contributed by atoms with Crippen LogP contribution < -0.4 is 5.11 Å². The molecule has 6 heteroatoms. The largest absolute Gasteiger partial charge is 0.545 e. The lowest BCUT2D eigenvalue weighted by molar-refractivity contribution is -0.299. The first-order valence-corrected chi connectivity index (χ1v) is 3.81. The molecule has 14 heavy (non-hydrogen) atoms. The van der Waals surface area contributed by atoms with Gasteiger partial charge in [-0.2, -0.15) is 0 Å². The molecule has 0 aromatic carbocycles.